The Kier molecular flexibility index (Phi) is 6.56. The summed E-state index contributed by atoms with van der Waals surface area (Å²) < 4.78 is 35.9. The quantitative estimate of drug-likeness (QED) is 0.579. The van der Waals surface area contributed by atoms with Crippen LogP contribution in [0.5, 0.6) is 0 Å². The molecule has 5 heteroatoms. The number of rotatable bonds is 7. The molecule has 0 aliphatic rings. The van der Waals surface area contributed by atoms with Crippen molar-refractivity contribution in [1.82, 2.24) is 0 Å². The molecule has 0 spiro atoms. The third-order valence-electron chi connectivity index (χ3n) is 4.50. The molecule has 0 aromatic heterocycles. The Morgan fingerprint density at radius 2 is 1.68 bits per heavy atom. The van der Waals surface area contributed by atoms with E-state index in [2.05, 4.69) is 26.0 Å². The Morgan fingerprint density at radius 1 is 1.00 bits per heavy atom. The minimum Gasteiger partial charge on any atom is -0.312 e. The Labute approximate surface area is 149 Å². The first-order valence-corrected chi connectivity index (χ1v) is 10.1. The topological polar surface area (TPSA) is 35.5 Å². The number of halogens is 1. The molecule has 0 fully saturated rings. The van der Waals surface area contributed by atoms with Crippen LogP contribution in [0.25, 0.3) is 11.1 Å². The van der Waals surface area contributed by atoms with Crippen LogP contribution >= 0.6 is 7.60 Å². The molecule has 2 aromatic rings. The fourth-order valence-electron chi connectivity index (χ4n) is 3.11. The third kappa shape index (κ3) is 4.78. The van der Waals surface area contributed by atoms with Crippen molar-refractivity contribution >= 4 is 7.60 Å². The molecule has 0 amide bonds. The summed E-state index contributed by atoms with van der Waals surface area (Å²) in [5, 5.41) is 0. The molecule has 2 rings (SSSR count). The second kappa shape index (κ2) is 8.27. The van der Waals surface area contributed by atoms with Crippen molar-refractivity contribution in [3.63, 3.8) is 0 Å². The first kappa shape index (κ1) is 19.8. The van der Waals surface area contributed by atoms with E-state index < -0.39 is 7.60 Å². The summed E-state index contributed by atoms with van der Waals surface area (Å²) in [5.41, 5.74) is 6.27. The molecule has 0 heterocycles. The summed E-state index contributed by atoms with van der Waals surface area (Å²) in [6.45, 7) is 5.91. The monoisotopic (exact) mass is 364 g/mol. The molecule has 0 saturated heterocycles. The van der Waals surface area contributed by atoms with Gasteiger partial charge >= 0.3 is 7.60 Å². The molecule has 0 saturated carbocycles. The first-order chi connectivity index (χ1) is 11.8. The number of aryl methyl sites for hydroxylation is 3. The molecule has 136 valence electrons. The zero-order chi connectivity index (χ0) is 18.6. The van der Waals surface area contributed by atoms with Crippen molar-refractivity contribution in [3.05, 3.63) is 58.4 Å². The summed E-state index contributed by atoms with van der Waals surface area (Å²) in [6, 6.07) is 9.47. The Balaban J connectivity index is 2.34. The maximum atomic E-state index is 13.6. The van der Waals surface area contributed by atoms with Gasteiger partial charge in [0.05, 0.1) is 6.16 Å². The van der Waals surface area contributed by atoms with Crippen molar-refractivity contribution in [1.29, 1.82) is 0 Å². The van der Waals surface area contributed by atoms with E-state index in [-0.39, 0.29) is 5.82 Å². The van der Waals surface area contributed by atoms with Gasteiger partial charge in [-0.15, -0.1) is 0 Å². The van der Waals surface area contributed by atoms with Gasteiger partial charge in [0, 0.05) is 14.2 Å². The van der Waals surface area contributed by atoms with E-state index in [1.807, 2.05) is 12.1 Å². The summed E-state index contributed by atoms with van der Waals surface area (Å²) in [5.74, 6) is -0.198. The molecule has 3 nitrogen and oxygen atoms in total. The zero-order valence-corrected chi connectivity index (χ0v) is 16.5. The maximum Gasteiger partial charge on any atom is 0.330 e. The van der Waals surface area contributed by atoms with E-state index in [1.54, 1.807) is 6.92 Å². The molecule has 2 aromatic carbocycles. The van der Waals surface area contributed by atoms with Gasteiger partial charge in [-0.1, -0.05) is 23.8 Å². The van der Waals surface area contributed by atoms with Crippen molar-refractivity contribution < 1.29 is 18.0 Å². The van der Waals surface area contributed by atoms with Crippen molar-refractivity contribution in [2.24, 2.45) is 0 Å². The molecular formula is C20H26FO3P. The van der Waals surface area contributed by atoms with Gasteiger partial charge in [0.15, 0.2) is 0 Å². The van der Waals surface area contributed by atoms with Gasteiger partial charge in [0.2, 0.25) is 0 Å². The lowest BCUT2D eigenvalue weighted by atomic mass is 9.90. The SMILES string of the molecule is COP(=O)(CCCc1c(C)cc(C)cc1-c1ccc(F)c(C)c1)OC. The van der Waals surface area contributed by atoms with Crippen molar-refractivity contribution in [2.75, 3.05) is 20.4 Å². The van der Waals surface area contributed by atoms with E-state index in [1.165, 1.54) is 31.4 Å². The van der Waals surface area contributed by atoms with Crippen LogP contribution in [0.3, 0.4) is 0 Å². The zero-order valence-electron chi connectivity index (χ0n) is 15.6. The number of benzene rings is 2. The smallest absolute Gasteiger partial charge is 0.312 e. The van der Waals surface area contributed by atoms with Gasteiger partial charge < -0.3 is 9.05 Å². The second-order valence-corrected chi connectivity index (χ2v) is 8.77. The van der Waals surface area contributed by atoms with Crippen LogP contribution in [0.4, 0.5) is 4.39 Å². The highest BCUT2D eigenvalue weighted by molar-refractivity contribution is 7.53. The summed E-state index contributed by atoms with van der Waals surface area (Å²) in [6.07, 6.45) is 1.82. The van der Waals surface area contributed by atoms with Gasteiger partial charge in [-0.3, -0.25) is 4.57 Å². The fourth-order valence-corrected chi connectivity index (χ4v) is 4.17. The standard InChI is InChI=1S/C20H26FO3P/c1-14-11-15(2)18(7-6-10-25(22,23-4)24-5)19(12-14)17-8-9-20(21)16(3)13-17/h8-9,11-13H,6-7,10H2,1-5H3. The largest absolute Gasteiger partial charge is 0.330 e. The van der Waals surface area contributed by atoms with Crippen LogP contribution in [0.1, 0.15) is 28.7 Å². The number of hydrogen-bond donors (Lipinski definition) is 0. The molecule has 0 bridgehead atoms. The van der Waals surface area contributed by atoms with Crippen LogP contribution in [-0.2, 0) is 20.0 Å². The Bertz CT molecular complexity index is 794. The maximum absolute atomic E-state index is 13.6. The van der Waals surface area contributed by atoms with E-state index >= 15 is 0 Å². The molecule has 25 heavy (non-hydrogen) atoms. The van der Waals surface area contributed by atoms with Crippen LogP contribution in [0.2, 0.25) is 0 Å². The van der Waals surface area contributed by atoms with Gasteiger partial charge in [0.25, 0.3) is 0 Å². The Hall–Kier alpha value is -1.48. The predicted octanol–water partition coefficient (Wildman–Crippen LogP) is 5.84. The lowest BCUT2D eigenvalue weighted by molar-refractivity contribution is 0.275. The van der Waals surface area contributed by atoms with Crippen LogP contribution < -0.4 is 0 Å². The molecule has 0 aliphatic heterocycles. The minimum absolute atomic E-state index is 0.198. The molecule has 0 N–H and O–H groups in total. The van der Waals surface area contributed by atoms with E-state index in [0.717, 1.165) is 23.1 Å². The third-order valence-corrected chi connectivity index (χ3v) is 6.48. The van der Waals surface area contributed by atoms with Gasteiger partial charge in [0.1, 0.15) is 5.82 Å². The lowest BCUT2D eigenvalue weighted by Gasteiger charge is -2.17. The molecule has 0 atom stereocenters. The molecule has 0 unspecified atom stereocenters. The van der Waals surface area contributed by atoms with Crippen molar-refractivity contribution in [2.45, 2.75) is 33.6 Å². The van der Waals surface area contributed by atoms with Gasteiger partial charge in [-0.2, -0.15) is 0 Å². The van der Waals surface area contributed by atoms with E-state index in [9.17, 15) is 8.96 Å². The minimum atomic E-state index is -2.99. The average Bonchev–Trinajstić information content (AvgIpc) is 2.58. The lowest BCUT2D eigenvalue weighted by Crippen LogP contribution is -2.01. The first-order valence-electron chi connectivity index (χ1n) is 8.37. The summed E-state index contributed by atoms with van der Waals surface area (Å²) in [7, 11) is -0.172. The van der Waals surface area contributed by atoms with Crippen molar-refractivity contribution in [3.8, 4) is 11.1 Å². The normalized spacial score (nSPS) is 11.8. The number of hydrogen-bond acceptors (Lipinski definition) is 3. The highest BCUT2D eigenvalue weighted by Gasteiger charge is 2.21. The predicted molar refractivity (Wildman–Crippen MR) is 101 cm³/mol. The molecule has 0 radical (unpaired) electrons. The molecule has 0 aliphatic carbocycles. The summed E-state index contributed by atoms with van der Waals surface area (Å²) >= 11 is 0. The average molecular weight is 364 g/mol. The highest BCUT2D eigenvalue weighted by Crippen LogP contribution is 2.47. The fraction of sp³-hybridized carbons (Fsp3) is 0.400. The molecular weight excluding hydrogens is 338 g/mol. The van der Waals surface area contributed by atoms with Crippen LogP contribution in [0.15, 0.2) is 30.3 Å². The highest BCUT2D eigenvalue weighted by atomic mass is 31.2. The van der Waals surface area contributed by atoms with E-state index in [0.29, 0.717) is 18.1 Å². The second-order valence-electron chi connectivity index (χ2n) is 6.38. The van der Waals surface area contributed by atoms with Gasteiger partial charge in [-0.25, -0.2) is 4.39 Å². The van der Waals surface area contributed by atoms with Crippen LogP contribution in [-0.4, -0.2) is 20.4 Å². The van der Waals surface area contributed by atoms with Gasteiger partial charge in [-0.05, 0) is 73.6 Å². The Morgan fingerprint density at radius 3 is 2.28 bits per heavy atom. The summed E-state index contributed by atoms with van der Waals surface area (Å²) in [4.78, 5) is 0. The van der Waals surface area contributed by atoms with E-state index in [4.69, 9.17) is 9.05 Å². The van der Waals surface area contributed by atoms with Crippen LogP contribution in [0, 0.1) is 26.6 Å².